The van der Waals surface area contributed by atoms with Gasteiger partial charge in [0.15, 0.2) is 0 Å². The molecule has 1 heterocycles. The van der Waals surface area contributed by atoms with Crippen LogP contribution >= 0.6 is 11.3 Å². The molecule has 22 heavy (non-hydrogen) atoms. The third kappa shape index (κ3) is 3.84. The molecule has 6 heteroatoms. The van der Waals surface area contributed by atoms with E-state index in [0.29, 0.717) is 12.3 Å². The quantitative estimate of drug-likeness (QED) is 0.889. The first-order chi connectivity index (χ1) is 10.5. The SMILES string of the molecule is COc1ccc(F)cc1C(=O)NCC(c1cccs1)N(C)C. The Morgan fingerprint density at radius 3 is 2.77 bits per heavy atom. The second kappa shape index (κ2) is 7.38. The molecule has 0 saturated carbocycles. The van der Waals surface area contributed by atoms with E-state index in [9.17, 15) is 9.18 Å². The highest BCUT2D eigenvalue weighted by Crippen LogP contribution is 2.23. The molecular weight excluding hydrogens is 303 g/mol. The lowest BCUT2D eigenvalue weighted by molar-refractivity contribution is 0.0938. The fourth-order valence-corrected chi connectivity index (χ4v) is 3.08. The molecule has 0 aliphatic carbocycles. The van der Waals surface area contributed by atoms with Crippen LogP contribution in [-0.2, 0) is 0 Å². The molecule has 0 radical (unpaired) electrons. The Bertz CT molecular complexity index is 629. The number of nitrogens with one attached hydrogen (secondary N) is 1. The summed E-state index contributed by atoms with van der Waals surface area (Å²) in [5.41, 5.74) is 0.200. The number of ether oxygens (including phenoxy) is 1. The molecule has 0 aliphatic rings. The Morgan fingerprint density at radius 2 is 2.18 bits per heavy atom. The number of methoxy groups -OCH3 is 1. The van der Waals surface area contributed by atoms with Gasteiger partial charge in [-0.2, -0.15) is 0 Å². The van der Waals surface area contributed by atoms with Gasteiger partial charge in [-0.05, 0) is 43.7 Å². The van der Waals surface area contributed by atoms with E-state index in [2.05, 4.69) is 5.32 Å². The first-order valence-electron chi connectivity index (χ1n) is 6.84. The Balaban J connectivity index is 2.10. The average Bonchev–Trinajstić information content (AvgIpc) is 3.01. The van der Waals surface area contributed by atoms with Crippen molar-refractivity contribution in [2.45, 2.75) is 6.04 Å². The summed E-state index contributed by atoms with van der Waals surface area (Å²) in [5, 5.41) is 4.85. The lowest BCUT2D eigenvalue weighted by Gasteiger charge is -2.23. The van der Waals surface area contributed by atoms with Crippen LogP contribution in [0.4, 0.5) is 4.39 Å². The van der Waals surface area contributed by atoms with E-state index in [-0.39, 0.29) is 17.5 Å². The minimum atomic E-state index is -0.464. The number of carbonyl (C=O) groups is 1. The normalized spacial score (nSPS) is 12.2. The van der Waals surface area contributed by atoms with Gasteiger partial charge in [0, 0.05) is 11.4 Å². The highest BCUT2D eigenvalue weighted by molar-refractivity contribution is 7.10. The summed E-state index contributed by atoms with van der Waals surface area (Å²) in [5.74, 6) is -0.454. The van der Waals surface area contributed by atoms with Gasteiger partial charge in [-0.15, -0.1) is 11.3 Å². The average molecular weight is 322 g/mol. The van der Waals surface area contributed by atoms with Crippen LogP contribution in [0.15, 0.2) is 35.7 Å². The number of nitrogens with zero attached hydrogens (tertiary/aromatic N) is 1. The zero-order chi connectivity index (χ0) is 16.1. The third-order valence-corrected chi connectivity index (χ3v) is 4.33. The van der Waals surface area contributed by atoms with Crippen molar-refractivity contribution >= 4 is 17.2 Å². The Morgan fingerprint density at radius 1 is 1.41 bits per heavy atom. The van der Waals surface area contributed by atoms with Crippen molar-refractivity contribution in [2.24, 2.45) is 0 Å². The molecule has 1 unspecified atom stereocenters. The van der Waals surface area contributed by atoms with Crippen molar-refractivity contribution < 1.29 is 13.9 Å². The molecule has 0 spiro atoms. The topological polar surface area (TPSA) is 41.6 Å². The minimum Gasteiger partial charge on any atom is -0.496 e. The van der Waals surface area contributed by atoms with Gasteiger partial charge in [-0.3, -0.25) is 4.79 Å². The second-order valence-electron chi connectivity index (χ2n) is 5.05. The van der Waals surface area contributed by atoms with E-state index >= 15 is 0 Å². The number of halogens is 1. The van der Waals surface area contributed by atoms with Gasteiger partial charge in [0.05, 0.1) is 18.7 Å². The predicted molar refractivity (Wildman–Crippen MR) is 86.0 cm³/mol. The van der Waals surface area contributed by atoms with Crippen molar-refractivity contribution in [3.8, 4) is 5.75 Å². The summed E-state index contributed by atoms with van der Waals surface area (Å²) in [7, 11) is 5.37. The molecule has 1 N–H and O–H groups in total. The molecule has 2 aromatic rings. The Hall–Kier alpha value is -1.92. The standard InChI is InChI=1S/C16H19FN2O2S/c1-19(2)13(15-5-4-8-22-15)10-18-16(20)12-9-11(17)6-7-14(12)21-3/h4-9,13H,10H2,1-3H3,(H,18,20). The van der Waals surface area contributed by atoms with Crippen molar-refractivity contribution in [2.75, 3.05) is 27.7 Å². The van der Waals surface area contributed by atoms with Crippen LogP contribution in [0.3, 0.4) is 0 Å². The number of hydrogen-bond donors (Lipinski definition) is 1. The van der Waals surface area contributed by atoms with E-state index in [0.717, 1.165) is 4.88 Å². The molecule has 1 aromatic heterocycles. The van der Waals surface area contributed by atoms with Crippen LogP contribution in [-0.4, -0.2) is 38.6 Å². The molecular formula is C16H19FN2O2S. The summed E-state index contributed by atoms with van der Waals surface area (Å²) in [6, 6.07) is 7.99. The molecule has 0 fully saturated rings. The van der Waals surface area contributed by atoms with Crippen LogP contribution in [0.1, 0.15) is 21.3 Å². The first kappa shape index (κ1) is 16.5. The molecule has 118 valence electrons. The number of hydrogen-bond acceptors (Lipinski definition) is 4. The number of amides is 1. The summed E-state index contributed by atoms with van der Waals surface area (Å²) in [6.45, 7) is 0.437. The number of rotatable bonds is 6. The molecule has 0 bridgehead atoms. The lowest BCUT2D eigenvalue weighted by Crippen LogP contribution is -2.34. The van der Waals surface area contributed by atoms with Gasteiger partial charge >= 0.3 is 0 Å². The van der Waals surface area contributed by atoms with Crippen molar-refractivity contribution in [1.82, 2.24) is 10.2 Å². The van der Waals surface area contributed by atoms with Crippen LogP contribution in [0.2, 0.25) is 0 Å². The third-order valence-electron chi connectivity index (χ3n) is 3.36. The number of carbonyl (C=O) groups excluding carboxylic acids is 1. The largest absolute Gasteiger partial charge is 0.496 e. The van der Waals surface area contributed by atoms with Crippen LogP contribution in [0.25, 0.3) is 0 Å². The summed E-state index contributed by atoms with van der Waals surface area (Å²) < 4.78 is 18.5. The molecule has 1 atom stereocenters. The molecule has 0 aliphatic heterocycles. The summed E-state index contributed by atoms with van der Waals surface area (Å²) >= 11 is 1.64. The maximum absolute atomic E-state index is 13.4. The maximum atomic E-state index is 13.4. The number of likely N-dealkylation sites (N-methyl/N-ethyl adjacent to an activating group) is 1. The monoisotopic (exact) mass is 322 g/mol. The van der Waals surface area contributed by atoms with Crippen LogP contribution in [0, 0.1) is 5.82 Å². The van der Waals surface area contributed by atoms with Gasteiger partial charge in [-0.1, -0.05) is 6.07 Å². The fourth-order valence-electron chi connectivity index (χ4n) is 2.16. The van der Waals surface area contributed by atoms with Gasteiger partial charge in [0.2, 0.25) is 0 Å². The van der Waals surface area contributed by atoms with Crippen molar-refractivity contribution in [3.63, 3.8) is 0 Å². The predicted octanol–water partition coefficient (Wildman–Crippen LogP) is 2.93. The maximum Gasteiger partial charge on any atom is 0.255 e. The van der Waals surface area contributed by atoms with E-state index < -0.39 is 5.82 Å². The second-order valence-corrected chi connectivity index (χ2v) is 6.03. The van der Waals surface area contributed by atoms with E-state index in [4.69, 9.17) is 4.74 Å². The van der Waals surface area contributed by atoms with Crippen molar-refractivity contribution in [1.29, 1.82) is 0 Å². The smallest absolute Gasteiger partial charge is 0.255 e. The number of thiophene rings is 1. The highest BCUT2D eigenvalue weighted by Gasteiger charge is 2.18. The van der Waals surface area contributed by atoms with Crippen molar-refractivity contribution in [3.05, 3.63) is 52.0 Å². The van der Waals surface area contributed by atoms with Gasteiger partial charge in [0.25, 0.3) is 5.91 Å². The summed E-state index contributed by atoms with van der Waals surface area (Å²) in [4.78, 5) is 15.5. The van der Waals surface area contributed by atoms with Gasteiger partial charge in [0.1, 0.15) is 11.6 Å². The zero-order valence-corrected chi connectivity index (χ0v) is 13.6. The zero-order valence-electron chi connectivity index (χ0n) is 12.8. The summed E-state index contributed by atoms with van der Waals surface area (Å²) in [6.07, 6.45) is 0. The molecule has 1 aromatic carbocycles. The van der Waals surface area contributed by atoms with E-state index in [1.165, 1.54) is 25.3 Å². The Labute approximate surface area is 133 Å². The van der Waals surface area contributed by atoms with Crippen LogP contribution < -0.4 is 10.1 Å². The molecule has 4 nitrogen and oxygen atoms in total. The molecule has 1 amide bonds. The highest BCUT2D eigenvalue weighted by atomic mass is 32.1. The van der Waals surface area contributed by atoms with Gasteiger partial charge < -0.3 is 15.0 Å². The van der Waals surface area contributed by atoms with E-state index in [1.807, 2.05) is 36.5 Å². The van der Waals surface area contributed by atoms with Gasteiger partial charge in [-0.25, -0.2) is 4.39 Å². The Kier molecular flexibility index (Phi) is 5.51. The molecule has 0 saturated heterocycles. The van der Waals surface area contributed by atoms with Crippen LogP contribution in [0.5, 0.6) is 5.75 Å². The number of benzene rings is 1. The minimum absolute atomic E-state index is 0.0727. The molecule has 2 rings (SSSR count). The lowest BCUT2D eigenvalue weighted by atomic mass is 10.1. The fraction of sp³-hybridized carbons (Fsp3) is 0.312. The van der Waals surface area contributed by atoms with E-state index in [1.54, 1.807) is 11.3 Å². The first-order valence-corrected chi connectivity index (χ1v) is 7.72.